The van der Waals surface area contributed by atoms with Gasteiger partial charge in [-0.2, -0.15) is 0 Å². The van der Waals surface area contributed by atoms with Crippen molar-refractivity contribution < 1.29 is 18.3 Å². The van der Waals surface area contributed by atoms with E-state index in [1.165, 1.54) is 39.2 Å². The van der Waals surface area contributed by atoms with Gasteiger partial charge < -0.3 is 9.16 Å². The molecular formula is C20H41FO3Si. The average molecular weight is 377 g/mol. The average Bonchev–Trinajstić information content (AvgIpc) is 2.55. The highest BCUT2D eigenvalue weighted by Crippen LogP contribution is 2.20. The number of ether oxygens (including phenoxy) is 1. The molecule has 0 heterocycles. The molecule has 25 heavy (non-hydrogen) atoms. The van der Waals surface area contributed by atoms with Crippen LogP contribution in [0.1, 0.15) is 83.5 Å². The van der Waals surface area contributed by atoms with Crippen molar-refractivity contribution >= 4 is 14.3 Å². The van der Waals surface area contributed by atoms with Crippen molar-refractivity contribution in [3.63, 3.8) is 0 Å². The number of halogens is 1. The molecule has 0 N–H and O–H groups in total. The topological polar surface area (TPSA) is 35.5 Å². The minimum atomic E-state index is -1.50. The van der Waals surface area contributed by atoms with Crippen molar-refractivity contribution in [3.8, 4) is 0 Å². The van der Waals surface area contributed by atoms with E-state index in [9.17, 15) is 9.18 Å². The van der Waals surface area contributed by atoms with Gasteiger partial charge in [-0.05, 0) is 45.3 Å². The molecule has 0 radical (unpaired) electrons. The van der Waals surface area contributed by atoms with E-state index in [0.717, 1.165) is 38.5 Å². The zero-order chi connectivity index (χ0) is 19.0. The zero-order valence-corrected chi connectivity index (χ0v) is 18.1. The summed E-state index contributed by atoms with van der Waals surface area (Å²) >= 11 is 0. The Kier molecular flexibility index (Phi) is 15.5. The van der Waals surface area contributed by atoms with E-state index in [1.54, 1.807) is 0 Å². The minimum Gasteiger partial charge on any atom is -0.469 e. The summed E-state index contributed by atoms with van der Waals surface area (Å²) in [6, 6.07) is 0. The van der Waals surface area contributed by atoms with E-state index in [2.05, 4.69) is 24.4 Å². The van der Waals surface area contributed by atoms with E-state index in [1.807, 2.05) is 0 Å². The molecule has 0 rings (SSSR count). The van der Waals surface area contributed by atoms with Gasteiger partial charge in [-0.3, -0.25) is 9.18 Å². The monoisotopic (exact) mass is 376 g/mol. The van der Waals surface area contributed by atoms with Crippen molar-refractivity contribution in [2.75, 3.05) is 13.8 Å². The van der Waals surface area contributed by atoms with Crippen molar-refractivity contribution in [3.05, 3.63) is 0 Å². The van der Waals surface area contributed by atoms with Crippen LogP contribution < -0.4 is 0 Å². The molecule has 0 saturated heterocycles. The van der Waals surface area contributed by atoms with Gasteiger partial charge in [0, 0.05) is 12.5 Å². The molecule has 1 unspecified atom stereocenters. The molecule has 0 aliphatic carbocycles. The molecule has 0 fully saturated rings. The van der Waals surface area contributed by atoms with Crippen LogP contribution in [0.15, 0.2) is 0 Å². The standard InChI is InChI=1S/C20H41FO3Si/c1-23-20(22)17-13-9-5-7-11-15-19(24-25(2,3)4)16-12-8-6-10-14-18-21/h19H,5-18H2,1-4H3. The first-order valence-electron chi connectivity index (χ1n) is 10.2. The van der Waals surface area contributed by atoms with E-state index >= 15 is 0 Å². The van der Waals surface area contributed by atoms with E-state index < -0.39 is 8.32 Å². The highest BCUT2D eigenvalue weighted by Gasteiger charge is 2.20. The Morgan fingerprint density at radius 3 is 1.80 bits per heavy atom. The molecule has 0 amide bonds. The van der Waals surface area contributed by atoms with Gasteiger partial charge in [0.1, 0.15) is 0 Å². The second-order valence-electron chi connectivity index (χ2n) is 7.98. The lowest BCUT2D eigenvalue weighted by molar-refractivity contribution is -0.140. The quantitative estimate of drug-likeness (QED) is 0.167. The minimum absolute atomic E-state index is 0.102. The largest absolute Gasteiger partial charge is 0.469 e. The Morgan fingerprint density at radius 1 is 0.840 bits per heavy atom. The van der Waals surface area contributed by atoms with Crippen LogP contribution in [0.2, 0.25) is 19.6 Å². The van der Waals surface area contributed by atoms with Gasteiger partial charge in [0.2, 0.25) is 0 Å². The van der Waals surface area contributed by atoms with Crippen LogP contribution in [0.5, 0.6) is 0 Å². The molecule has 0 spiro atoms. The highest BCUT2D eigenvalue weighted by molar-refractivity contribution is 6.69. The van der Waals surface area contributed by atoms with Gasteiger partial charge in [0.05, 0.1) is 13.8 Å². The Balaban J connectivity index is 3.82. The molecule has 0 bridgehead atoms. The number of carbonyl (C=O) groups excluding carboxylic acids is 1. The zero-order valence-electron chi connectivity index (χ0n) is 17.1. The lowest BCUT2D eigenvalue weighted by Gasteiger charge is -2.26. The van der Waals surface area contributed by atoms with Crippen LogP contribution in [0, 0.1) is 0 Å². The first-order chi connectivity index (χ1) is 11.9. The van der Waals surface area contributed by atoms with E-state index in [4.69, 9.17) is 4.43 Å². The lowest BCUT2D eigenvalue weighted by atomic mass is 10.0. The van der Waals surface area contributed by atoms with Crippen molar-refractivity contribution in [1.82, 2.24) is 0 Å². The van der Waals surface area contributed by atoms with Crippen molar-refractivity contribution in [2.24, 2.45) is 0 Å². The third-order valence-electron chi connectivity index (χ3n) is 4.31. The van der Waals surface area contributed by atoms with Gasteiger partial charge >= 0.3 is 5.97 Å². The first kappa shape index (κ1) is 24.6. The predicted molar refractivity (Wildman–Crippen MR) is 106 cm³/mol. The van der Waals surface area contributed by atoms with Gasteiger partial charge in [-0.15, -0.1) is 0 Å². The summed E-state index contributed by atoms with van der Waals surface area (Å²) in [5.74, 6) is -0.102. The molecule has 0 aliphatic rings. The molecule has 0 aromatic heterocycles. The van der Waals surface area contributed by atoms with Crippen molar-refractivity contribution in [1.29, 1.82) is 0 Å². The number of rotatable bonds is 17. The molecule has 150 valence electrons. The summed E-state index contributed by atoms with van der Waals surface area (Å²) in [4.78, 5) is 11.1. The third kappa shape index (κ3) is 18.2. The first-order valence-corrected chi connectivity index (χ1v) is 13.6. The number of hydrogen-bond acceptors (Lipinski definition) is 3. The maximum atomic E-state index is 12.1. The number of esters is 1. The summed E-state index contributed by atoms with van der Waals surface area (Å²) in [7, 11) is -0.0540. The fourth-order valence-corrected chi connectivity index (χ4v) is 4.27. The van der Waals surface area contributed by atoms with Crippen LogP contribution in [-0.2, 0) is 14.0 Å². The number of carbonyl (C=O) groups is 1. The van der Waals surface area contributed by atoms with Crippen LogP contribution in [0.4, 0.5) is 4.39 Å². The third-order valence-corrected chi connectivity index (χ3v) is 5.36. The van der Waals surface area contributed by atoms with Gasteiger partial charge in [-0.25, -0.2) is 0 Å². The highest BCUT2D eigenvalue weighted by atomic mass is 28.4. The van der Waals surface area contributed by atoms with Crippen LogP contribution >= 0.6 is 0 Å². The number of methoxy groups -OCH3 is 1. The second kappa shape index (κ2) is 15.8. The fraction of sp³-hybridized carbons (Fsp3) is 0.950. The van der Waals surface area contributed by atoms with E-state index in [-0.39, 0.29) is 12.6 Å². The smallest absolute Gasteiger partial charge is 0.305 e. The molecule has 0 aromatic carbocycles. The number of unbranched alkanes of at least 4 members (excludes halogenated alkanes) is 8. The number of hydrogen-bond donors (Lipinski definition) is 0. The van der Waals surface area contributed by atoms with Crippen LogP contribution in [0.3, 0.4) is 0 Å². The van der Waals surface area contributed by atoms with Gasteiger partial charge in [0.25, 0.3) is 0 Å². The SMILES string of the molecule is COC(=O)CCCCCCCC(CCCCCCCF)O[Si](C)(C)C. The molecule has 0 aromatic rings. The molecule has 0 aliphatic heterocycles. The van der Waals surface area contributed by atoms with Crippen LogP contribution in [0.25, 0.3) is 0 Å². The fourth-order valence-electron chi connectivity index (χ4n) is 3.03. The molecular weight excluding hydrogens is 335 g/mol. The Hall–Kier alpha value is -0.423. The molecule has 0 saturated carbocycles. The lowest BCUT2D eigenvalue weighted by Crippen LogP contribution is -2.32. The summed E-state index contributed by atoms with van der Waals surface area (Å²) in [6.07, 6.45) is 14.1. The normalized spacial score (nSPS) is 13.0. The molecule has 3 nitrogen and oxygen atoms in total. The van der Waals surface area contributed by atoms with E-state index in [0.29, 0.717) is 18.9 Å². The summed E-state index contributed by atoms with van der Waals surface area (Å²) in [6.45, 7) is 6.59. The maximum Gasteiger partial charge on any atom is 0.305 e. The van der Waals surface area contributed by atoms with Gasteiger partial charge in [-0.1, -0.05) is 51.4 Å². The Bertz CT molecular complexity index is 319. The second-order valence-corrected chi connectivity index (χ2v) is 12.4. The predicted octanol–water partition coefficient (Wildman–Crippen LogP) is 6.42. The number of alkyl halides is 1. The van der Waals surface area contributed by atoms with Crippen molar-refractivity contribution in [2.45, 2.75) is 109 Å². The summed E-state index contributed by atoms with van der Waals surface area (Å²) in [5.41, 5.74) is 0. The van der Waals surface area contributed by atoms with Gasteiger partial charge in [0.15, 0.2) is 8.32 Å². The molecule has 5 heteroatoms. The van der Waals surface area contributed by atoms with Crippen LogP contribution in [-0.4, -0.2) is 34.2 Å². The summed E-state index contributed by atoms with van der Waals surface area (Å²) in [5, 5.41) is 0. The Labute approximate surface area is 156 Å². The molecule has 1 atom stereocenters. The maximum absolute atomic E-state index is 12.1. The Morgan fingerprint density at radius 2 is 1.32 bits per heavy atom. The summed E-state index contributed by atoms with van der Waals surface area (Å²) < 4.78 is 23.1.